The van der Waals surface area contributed by atoms with Crippen LogP contribution in [-0.2, 0) is 0 Å². The van der Waals surface area contributed by atoms with E-state index in [0.29, 0.717) is 0 Å². The Morgan fingerprint density at radius 3 is 2.65 bits per heavy atom. The lowest BCUT2D eigenvalue weighted by Gasteiger charge is -2.11. The van der Waals surface area contributed by atoms with Crippen molar-refractivity contribution in [3.63, 3.8) is 0 Å². The summed E-state index contributed by atoms with van der Waals surface area (Å²) >= 11 is 12.8. The highest BCUT2D eigenvalue weighted by molar-refractivity contribution is 9.11. The first-order valence-corrected chi connectivity index (χ1v) is 7.76. The smallest absolute Gasteiger partial charge is 0.129 e. The molecule has 92 valence electrons. The van der Waals surface area contributed by atoms with Crippen molar-refractivity contribution in [2.24, 2.45) is 0 Å². The second-order valence-corrected chi connectivity index (χ2v) is 7.13. The second kappa shape index (κ2) is 5.71. The number of hydrogen-bond acceptors (Lipinski definition) is 4. The number of rotatable bonds is 4. The Bertz CT molecular complexity index is 492. The van der Waals surface area contributed by atoms with Gasteiger partial charge in [-0.1, -0.05) is 11.6 Å². The summed E-state index contributed by atoms with van der Waals surface area (Å²) in [5, 5.41) is 6.06. The summed E-state index contributed by atoms with van der Waals surface area (Å²) in [6, 6.07) is 4.20. The highest BCUT2D eigenvalue weighted by Crippen LogP contribution is 2.39. The summed E-state index contributed by atoms with van der Waals surface area (Å²) in [5.74, 6) is 0.895. The molecule has 0 spiro atoms. The first-order valence-electron chi connectivity index (χ1n) is 4.90. The van der Waals surface area contributed by atoms with E-state index in [9.17, 15) is 0 Å². The highest BCUT2D eigenvalue weighted by Gasteiger charge is 2.18. The minimum absolute atomic E-state index is 0.165. The molecule has 0 aromatic carbocycles. The molecule has 17 heavy (non-hydrogen) atoms. The quantitative estimate of drug-likeness (QED) is 0.872. The average molecular weight is 353 g/mol. The van der Waals surface area contributed by atoms with Gasteiger partial charge in [0.25, 0.3) is 0 Å². The van der Waals surface area contributed by atoms with E-state index in [4.69, 9.17) is 16.3 Å². The fourth-order valence-electron chi connectivity index (χ4n) is 1.52. The minimum atomic E-state index is 0.165. The van der Waals surface area contributed by atoms with E-state index in [-0.39, 0.29) is 6.04 Å². The fourth-order valence-corrected chi connectivity index (χ4v) is 4.46. The molecule has 0 saturated heterocycles. The molecule has 2 nitrogen and oxygen atoms in total. The molecule has 1 N–H and O–H groups in total. The molecule has 2 aromatic heterocycles. The van der Waals surface area contributed by atoms with Crippen molar-refractivity contribution in [3.8, 4) is 5.75 Å². The van der Waals surface area contributed by atoms with Crippen molar-refractivity contribution in [3.05, 3.63) is 36.1 Å². The summed E-state index contributed by atoms with van der Waals surface area (Å²) in [7, 11) is 3.62. The molecule has 1 unspecified atom stereocenters. The van der Waals surface area contributed by atoms with Crippen molar-refractivity contribution in [2.75, 3.05) is 14.2 Å². The Labute approximate surface area is 122 Å². The zero-order chi connectivity index (χ0) is 12.4. The zero-order valence-electron chi connectivity index (χ0n) is 9.29. The van der Waals surface area contributed by atoms with Crippen LogP contribution in [0.2, 0.25) is 5.02 Å². The molecule has 0 aliphatic heterocycles. The molecule has 0 aliphatic rings. The maximum absolute atomic E-state index is 6.06. The lowest BCUT2D eigenvalue weighted by molar-refractivity contribution is 0.416. The molecule has 2 rings (SSSR count). The predicted octanol–water partition coefficient (Wildman–Crippen LogP) is 4.54. The first-order chi connectivity index (χ1) is 8.15. The maximum Gasteiger partial charge on any atom is 0.129 e. The lowest BCUT2D eigenvalue weighted by atomic mass is 10.2. The molecular formula is C11H11BrClNOS2. The summed E-state index contributed by atoms with van der Waals surface area (Å²) < 4.78 is 6.18. The molecule has 0 bridgehead atoms. The van der Waals surface area contributed by atoms with Crippen LogP contribution in [0.15, 0.2) is 21.3 Å². The summed E-state index contributed by atoms with van der Waals surface area (Å²) in [6.45, 7) is 0. The minimum Gasteiger partial charge on any atom is -0.496 e. The van der Waals surface area contributed by atoms with Crippen LogP contribution in [0.1, 0.15) is 15.8 Å². The van der Waals surface area contributed by atoms with Gasteiger partial charge in [-0.05, 0) is 35.1 Å². The molecule has 2 heterocycles. The monoisotopic (exact) mass is 351 g/mol. The number of hydrogen-bond donors (Lipinski definition) is 1. The molecular weight excluding hydrogens is 342 g/mol. The van der Waals surface area contributed by atoms with Crippen LogP contribution >= 0.6 is 50.2 Å². The Morgan fingerprint density at radius 1 is 1.41 bits per heavy atom. The zero-order valence-corrected chi connectivity index (χ0v) is 13.3. The van der Waals surface area contributed by atoms with E-state index in [1.807, 2.05) is 24.6 Å². The van der Waals surface area contributed by atoms with Gasteiger partial charge < -0.3 is 10.1 Å². The Morgan fingerprint density at radius 2 is 2.18 bits per heavy atom. The third-order valence-corrected chi connectivity index (χ3v) is 5.87. The molecule has 0 saturated carbocycles. The van der Waals surface area contributed by atoms with Crippen LogP contribution in [0.3, 0.4) is 0 Å². The van der Waals surface area contributed by atoms with E-state index in [1.54, 1.807) is 29.8 Å². The van der Waals surface area contributed by atoms with Crippen molar-refractivity contribution in [2.45, 2.75) is 6.04 Å². The van der Waals surface area contributed by atoms with Crippen LogP contribution in [-0.4, -0.2) is 14.2 Å². The van der Waals surface area contributed by atoms with E-state index in [0.717, 1.165) is 14.6 Å². The van der Waals surface area contributed by atoms with E-state index in [1.165, 1.54) is 9.75 Å². The van der Waals surface area contributed by atoms with Crippen LogP contribution in [0.25, 0.3) is 0 Å². The van der Waals surface area contributed by atoms with Crippen LogP contribution < -0.4 is 10.1 Å². The lowest BCUT2D eigenvalue weighted by Crippen LogP contribution is -2.14. The van der Waals surface area contributed by atoms with Gasteiger partial charge in [0.05, 0.1) is 22.0 Å². The normalized spacial score (nSPS) is 12.7. The topological polar surface area (TPSA) is 21.3 Å². The fraction of sp³-hybridized carbons (Fsp3) is 0.273. The van der Waals surface area contributed by atoms with Gasteiger partial charge in [-0.2, -0.15) is 0 Å². The number of methoxy groups -OCH3 is 1. The van der Waals surface area contributed by atoms with Crippen molar-refractivity contribution in [1.29, 1.82) is 0 Å². The summed E-state index contributed by atoms with van der Waals surface area (Å²) in [5.41, 5.74) is 0. The average Bonchev–Trinajstić information content (AvgIpc) is 2.89. The van der Waals surface area contributed by atoms with Gasteiger partial charge in [-0.3, -0.25) is 0 Å². The SMILES string of the molecule is CNC(c1cc(OC)cs1)c1cc(Cl)c(Br)s1. The standard InChI is InChI=1S/C11H11BrClNOS2/c1-14-10(8-3-6(15-2)5-16-8)9-4-7(13)11(12)17-9/h3-5,10,14H,1-2H3. The van der Waals surface area contributed by atoms with Gasteiger partial charge in [0.2, 0.25) is 0 Å². The molecule has 6 heteroatoms. The molecule has 0 amide bonds. The number of thiophene rings is 2. The largest absolute Gasteiger partial charge is 0.496 e. The third-order valence-electron chi connectivity index (χ3n) is 2.35. The Kier molecular flexibility index (Phi) is 4.49. The summed E-state index contributed by atoms with van der Waals surface area (Å²) in [6.07, 6.45) is 0. The first kappa shape index (κ1) is 13.4. The van der Waals surface area contributed by atoms with E-state index < -0.39 is 0 Å². The molecule has 1 atom stereocenters. The third kappa shape index (κ3) is 2.85. The molecule has 0 fully saturated rings. The van der Waals surface area contributed by atoms with Crippen LogP contribution in [0, 0.1) is 0 Å². The van der Waals surface area contributed by atoms with Gasteiger partial charge in [-0.15, -0.1) is 22.7 Å². The maximum atomic E-state index is 6.06. The van der Waals surface area contributed by atoms with Crippen LogP contribution in [0.4, 0.5) is 0 Å². The van der Waals surface area contributed by atoms with Gasteiger partial charge in [0.15, 0.2) is 0 Å². The van der Waals surface area contributed by atoms with Crippen molar-refractivity contribution < 1.29 is 4.74 Å². The predicted molar refractivity (Wildman–Crippen MR) is 78.8 cm³/mol. The molecule has 2 aromatic rings. The van der Waals surface area contributed by atoms with Gasteiger partial charge >= 0.3 is 0 Å². The number of ether oxygens (including phenoxy) is 1. The molecule has 0 aliphatic carbocycles. The van der Waals surface area contributed by atoms with Gasteiger partial charge in [0, 0.05) is 15.1 Å². The Balaban J connectivity index is 2.32. The van der Waals surface area contributed by atoms with E-state index in [2.05, 4.69) is 21.2 Å². The number of nitrogens with one attached hydrogen (secondary N) is 1. The highest BCUT2D eigenvalue weighted by atomic mass is 79.9. The van der Waals surface area contributed by atoms with Crippen LogP contribution in [0.5, 0.6) is 5.75 Å². The van der Waals surface area contributed by atoms with Gasteiger partial charge in [0.1, 0.15) is 5.75 Å². The van der Waals surface area contributed by atoms with E-state index >= 15 is 0 Å². The summed E-state index contributed by atoms with van der Waals surface area (Å²) in [4.78, 5) is 2.41. The van der Waals surface area contributed by atoms with Crippen molar-refractivity contribution in [1.82, 2.24) is 5.32 Å². The number of halogens is 2. The van der Waals surface area contributed by atoms with Gasteiger partial charge in [-0.25, -0.2) is 0 Å². The second-order valence-electron chi connectivity index (χ2n) is 3.38. The Hall–Kier alpha value is -0.0700. The van der Waals surface area contributed by atoms with Crippen molar-refractivity contribution >= 4 is 50.2 Å². The molecule has 0 radical (unpaired) electrons.